The van der Waals surface area contributed by atoms with E-state index in [1.807, 2.05) is 0 Å². The monoisotopic (exact) mass is 641 g/mol. The molecule has 0 amide bonds. The number of anilines is 1. The number of imidazole rings is 1. The predicted molar refractivity (Wildman–Crippen MR) is 129 cm³/mol. The number of nitrogen functional groups attached to an aromatic ring is 1. The summed E-state index contributed by atoms with van der Waals surface area (Å²) in [5.41, 5.74) is 6.00. The number of phosphoric ester groups is 1. The predicted octanol–water partition coefficient (Wildman–Crippen LogP) is 0.771. The van der Waals surface area contributed by atoms with Gasteiger partial charge in [-0.1, -0.05) is 19.8 Å². The Bertz CT molecular complexity index is 1360. The number of rotatable bonds is 14. The molecule has 0 spiro atoms. The van der Waals surface area contributed by atoms with Gasteiger partial charge in [0.2, 0.25) is 0 Å². The first-order chi connectivity index (χ1) is 18.0. The molecule has 3 heterocycles. The van der Waals surface area contributed by atoms with E-state index in [-0.39, 0.29) is 23.4 Å². The molecule has 222 valence electrons. The Morgan fingerprint density at radius 2 is 1.59 bits per heavy atom. The van der Waals surface area contributed by atoms with Crippen molar-refractivity contribution in [2.45, 2.75) is 50.7 Å². The van der Waals surface area contributed by atoms with Crippen LogP contribution < -0.4 is 5.73 Å². The number of aliphatic hydroxyl groups is 2. The fourth-order valence-corrected chi connectivity index (χ4v) is 9.02. The first-order valence-electron chi connectivity index (χ1n) is 11.0. The van der Waals surface area contributed by atoms with Gasteiger partial charge in [0.1, 0.15) is 30.2 Å². The molecule has 24 heteroatoms. The lowest BCUT2D eigenvalue weighted by atomic mass is 10.1. The van der Waals surface area contributed by atoms with Crippen molar-refractivity contribution in [1.29, 1.82) is 0 Å². The summed E-state index contributed by atoms with van der Waals surface area (Å²) in [5, 5.41) is 20.7. The van der Waals surface area contributed by atoms with Crippen LogP contribution >= 0.6 is 31.1 Å². The van der Waals surface area contributed by atoms with Crippen LogP contribution in [0.3, 0.4) is 0 Å². The molecule has 8 N–H and O–H groups in total. The van der Waals surface area contributed by atoms with Crippen LogP contribution in [0.2, 0.25) is 0 Å². The Hall–Kier alpha value is -1.17. The Morgan fingerprint density at radius 3 is 2.26 bits per heavy atom. The first kappa shape index (κ1) is 32.3. The number of aliphatic hydroxyl groups excluding tert-OH is 2. The maximum atomic E-state index is 12.2. The second-order valence-corrected chi connectivity index (χ2v) is 14.9. The average Bonchev–Trinajstić information content (AvgIpc) is 3.32. The van der Waals surface area contributed by atoms with Crippen LogP contribution in [0.1, 0.15) is 32.4 Å². The minimum Gasteiger partial charge on any atom is -0.387 e. The second kappa shape index (κ2) is 12.4. The fourth-order valence-electron chi connectivity index (χ4n) is 3.40. The van der Waals surface area contributed by atoms with Crippen molar-refractivity contribution in [2.75, 3.05) is 18.5 Å². The van der Waals surface area contributed by atoms with Crippen molar-refractivity contribution >= 4 is 48.0 Å². The summed E-state index contributed by atoms with van der Waals surface area (Å²) in [5.74, 6) is 0.0248. The number of fused-ring (bicyclic) bond motifs is 1. The van der Waals surface area contributed by atoms with Crippen LogP contribution in [0, 0.1) is 0 Å². The van der Waals surface area contributed by atoms with Crippen molar-refractivity contribution in [3.05, 3.63) is 12.7 Å². The minimum absolute atomic E-state index is 0.0248. The number of nitrogens with two attached hydrogens (primary N) is 1. The molecule has 1 aliphatic heterocycles. The van der Waals surface area contributed by atoms with Crippen molar-refractivity contribution in [1.82, 2.24) is 19.5 Å². The summed E-state index contributed by atoms with van der Waals surface area (Å²) in [6, 6.07) is 0. The summed E-state index contributed by atoms with van der Waals surface area (Å²) < 4.78 is 71.0. The summed E-state index contributed by atoms with van der Waals surface area (Å²) in [6.07, 6.45) is -3.22. The third-order valence-electron chi connectivity index (χ3n) is 5.09. The molecule has 0 saturated carbocycles. The van der Waals surface area contributed by atoms with Crippen molar-refractivity contribution in [2.24, 2.45) is 0 Å². The summed E-state index contributed by atoms with van der Waals surface area (Å²) in [7, 11) is -22.0. The normalized spacial score (nSPS) is 28.0. The SMILES string of the molecule is CCCCCP(=O)(O)OP(=O)(O)OP(=O)(O)OP(=O)(O)OC[C@H]1O[C@@H](n2cnc3c(N)ncnc32)[C@@H](O)C1O. The van der Waals surface area contributed by atoms with Crippen molar-refractivity contribution in [3.8, 4) is 0 Å². The van der Waals surface area contributed by atoms with Gasteiger partial charge in [-0.05, 0) is 6.42 Å². The average molecular weight is 641 g/mol. The van der Waals surface area contributed by atoms with E-state index in [0.29, 0.717) is 12.8 Å². The van der Waals surface area contributed by atoms with Gasteiger partial charge in [0.15, 0.2) is 17.7 Å². The zero-order valence-electron chi connectivity index (χ0n) is 20.0. The number of ether oxygens (including phenoxy) is 1. The Balaban J connectivity index is 1.60. The lowest BCUT2D eigenvalue weighted by Crippen LogP contribution is -2.33. The van der Waals surface area contributed by atoms with Crippen LogP contribution in [0.5, 0.6) is 0 Å². The maximum absolute atomic E-state index is 12.2. The lowest BCUT2D eigenvalue weighted by molar-refractivity contribution is -0.0503. The van der Waals surface area contributed by atoms with Gasteiger partial charge in [-0.2, -0.15) is 8.62 Å². The van der Waals surface area contributed by atoms with Crippen LogP contribution in [0.25, 0.3) is 11.2 Å². The summed E-state index contributed by atoms with van der Waals surface area (Å²) in [4.78, 5) is 50.3. The van der Waals surface area contributed by atoms with Crippen LogP contribution in [-0.2, 0) is 40.5 Å². The highest BCUT2D eigenvalue weighted by atomic mass is 31.3. The molecule has 0 bridgehead atoms. The molecule has 1 saturated heterocycles. The highest BCUT2D eigenvalue weighted by Crippen LogP contribution is 2.71. The standard InChI is InChI=1S/C15H27N5O15P4/c1-2-3-4-5-36(23,24)33-38(27,28)35-39(29,30)34-37(25,26)31-6-9-11(21)12(22)15(32-9)20-8-19-10-13(16)17-7-18-14(10)20/h7-9,11-12,15,21-22H,2-6H2,1H3,(H,23,24)(H,25,26)(H,27,28)(H,29,30)(H2,16,17,18)/t9-,11?,12+,15-/m1/s1. The molecule has 2 aromatic rings. The molecule has 1 fully saturated rings. The molecule has 1 aliphatic rings. The Kier molecular flexibility index (Phi) is 10.3. The summed E-state index contributed by atoms with van der Waals surface area (Å²) >= 11 is 0. The van der Waals surface area contributed by atoms with Crippen LogP contribution in [-0.4, -0.2) is 80.4 Å². The van der Waals surface area contributed by atoms with E-state index in [1.54, 1.807) is 6.92 Å². The third-order valence-corrected chi connectivity index (χ3v) is 11.6. The smallest absolute Gasteiger partial charge is 0.387 e. The highest BCUT2D eigenvalue weighted by molar-refractivity contribution is 7.70. The van der Waals surface area contributed by atoms with E-state index in [4.69, 9.17) is 10.5 Å². The number of hydrogen-bond donors (Lipinski definition) is 7. The zero-order valence-corrected chi connectivity index (χ0v) is 23.6. The largest absolute Gasteiger partial charge is 0.490 e. The lowest BCUT2D eigenvalue weighted by Gasteiger charge is -2.21. The minimum atomic E-state index is -5.93. The van der Waals surface area contributed by atoms with E-state index in [0.717, 1.165) is 6.33 Å². The molecule has 2 aromatic heterocycles. The van der Waals surface area contributed by atoms with Gasteiger partial charge in [-0.25, -0.2) is 33.0 Å². The number of phosphoric acid groups is 3. The molecule has 5 unspecified atom stereocenters. The molecule has 8 atom stereocenters. The van der Waals surface area contributed by atoms with Gasteiger partial charge in [-0.3, -0.25) is 13.7 Å². The molecule has 39 heavy (non-hydrogen) atoms. The molecule has 0 aliphatic carbocycles. The molecular weight excluding hydrogens is 614 g/mol. The molecule has 0 radical (unpaired) electrons. The van der Waals surface area contributed by atoms with Gasteiger partial charge < -0.3 is 40.3 Å². The van der Waals surface area contributed by atoms with E-state index >= 15 is 0 Å². The quantitative estimate of drug-likeness (QED) is 0.111. The van der Waals surface area contributed by atoms with Crippen LogP contribution in [0.15, 0.2) is 12.7 Å². The van der Waals surface area contributed by atoms with Gasteiger partial charge in [0.05, 0.1) is 19.1 Å². The molecular formula is C15H27N5O15P4. The van der Waals surface area contributed by atoms with Gasteiger partial charge >= 0.3 is 31.1 Å². The molecule has 3 rings (SSSR count). The van der Waals surface area contributed by atoms with Gasteiger partial charge in [0.25, 0.3) is 0 Å². The first-order valence-corrected chi connectivity index (χ1v) is 17.2. The van der Waals surface area contributed by atoms with Crippen LogP contribution in [0.4, 0.5) is 5.82 Å². The topological polar surface area (TPSA) is 305 Å². The Labute approximate surface area is 220 Å². The maximum Gasteiger partial charge on any atom is 0.490 e. The zero-order chi connectivity index (χ0) is 29.2. The van der Waals surface area contributed by atoms with E-state index in [9.17, 15) is 48.0 Å². The van der Waals surface area contributed by atoms with Gasteiger partial charge in [-0.15, -0.1) is 0 Å². The number of aromatic nitrogens is 4. The second-order valence-electron chi connectivity index (χ2n) is 8.14. The van der Waals surface area contributed by atoms with E-state index < -0.39 is 68.4 Å². The third kappa shape index (κ3) is 8.66. The number of nitrogens with zero attached hydrogens (tertiary/aromatic N) is 4. The number of unbranched alkanes of at least 4 members (excludes halogenated alkanes) is 2. The Morgan fingerprint density at radius 1 is 0.949 bits per heavy atom. The summed E-state index contributed by atoms with van der Waals surface area (Å²) in [6.45, 7) is 0.772. The van der Waals surface area contributed by atoms with E-state index in [1.165, 1.54) is 10.9 Å². The molecule has 0 aromatic carbocycles. The van der Waals surface area contributed by atoms with Gasteiger partial charge in [0, 0.05) is 0 Å². The highest BCUT2D eigenvalue weighted by Gasteiger charge is 2.48. The van der Waals surface area contributed by atoms with E-state index in [2.05, 4.69) is 32.4 Å². The van der Waals surface area contributed by atoms with Crippen molar-refractivity contribution < 1.29 is 70.2 Å². The van der Waals surface area contributed by atoms with Crippen molar-refractivity contribution in [3.63, 3.8) is 0 Å². The fraction of sp³-hybridized carbons (Fsp3) is 0.667. The molecule has 20 nitrogen and oxygen atoms in total. The number of hydrogen-bond acceptors (Lipinski definition) is 15.